The standard InChI is InChI=1S/C64H72N3O.Pt/c1-40-39-65-54(37-50(40)43-27-25-41(26-28-43)38-60(2,3)4)45-31-44(32-47(33-45)62(8,9)10)49-23-20-24-56-57(49)66-59(52-35-48(63(11,12)13)36-53(58(52)68)64(14,15)16)67(56)55-30-29-46(61(5,6)7)34-51(55)42-21-18-17-19-22-42;/h17-30,32-37,39,68H,38H2,1-16H3;/q-1;/i1D3,17D,18D,19D,21D,22D,38D2;. The van der Waals surface area contributed by atoms with Gasteiger partial charge in [-0.05, 0) is 104 Å². The zero-order valence-electron chi connectivity index (χ0n) is 52.8. The van der Waals surface area contributed by atoms with Gasteiger partial charge in [0, 0.05) is 50.9 Å². The first-order valence-corrected chi connectivity index (χ1v) is 23.6. The topological polar surface area (TPSA) is 50.9 Å². The second kappa shape index (κ2) is 18.6. The number of phenols is 1. The van der Waals surface area contributed by atoms with E-state index in [2.05, 4.69) is 95.2 Å². The first-order valence-electron chi connectivity index (χ1n) is 28.6. The summed E-state index contributed by atoms with van der Waals surface area (Å²) in [6.45, 7) is 28.0. The summed E-state index contributed by atoms with van der Waals surface area (Å²) < 4.78 is 90.1. The summed E-state index contributed by atoms with van der Waals surface area (Å²) in [6, 6.07) is 30.0. The van der Waals surface area contributed by atoms with E-state index in [1.807, 2.05) is 79.9 Å². The van der Waals surface area contributed by atoms with Gasteiger partial charge in [0.15, 0.2) is 0 Å². The monoisotopic (exact) mass is 1100 g/mol. The largest absolute Gasteiger partial charge is 0.507 e. The van der Waals surface area contributed by atoms with Gasteiger partial charge in [0.05, 0.1) is 29.1 Å². The van der Waals surface area contributed by atoms with E-state index < -0.39 is 53.0 Å². The molecule has 69 heavy (non-hydrogen) atoms. The average molecular weight is 1100 g/mol. The molecule has 0 spiro atoms. The molecule has 0 saturated heterocycles. The summed E-state index contributed by atoms with van der Waals surface area (Å²) in [6.07, 6.45) is -0.260. The van der Waals surface area contributed by atoms with Gasteiger partial charge in [0.2, 0.25) is 0 Å². The number of imidazole rings is 1. The number of hydrogen-bond acceptors (Lipinski definition) is 3. The molecule has 0 bridgehead atoms. The molecule has 4 nitrogen and oxygen atoms in total. The molecule has 360 valence electrons. The molecule has 0 amide bonds. The van der Waals surface area contributed by atoms with E-state index in [0.717, 1.165) is 16.7 Å². The Balaban J connectivity index is 0.00000903. The second-order valence-electron chi connectivity index (χ2n) is 23.4. The molecule has 1 N–H and O–H groups in total. The van der Waals surface area contributed by atoms with E-state index in [-0.39, 0.29) is 55.4 Å². The van der Waals surface area contributed by atoms with Crippen molar-refractivity contribution in [2.24, 2.45) is 5.41 Å². The van der Waals surface area contributed by atoms with Gasteiger partial charge in [-0.1, -0.05) is 200 Å². The Morgan fingerprint density at radius 1 is 0.623 bits per heavy atom. The van der Waals surface area contributed by atoms with Crippen LogP contribution in [0.1, 0.15) is 151 Å². The second-order valence-corrected chi connectivity index (χ2v) is 23.4. The number of benzene rings is 6. The predicted octanol–water partition coefficient (Wildman–Crippen LogP) is 17.3. The molecule has 0 radical (unpaired) electrons. The Morgan fingerprint density at radius 3 is 1.86 bits per heavy atom. The normalized spacial score (nSPS) is 15.1. The molecule has 2 heterocycles. The molecule has 8 rings (SSSR count). The van der Waals surface area contributed by atoms with Crippen molar-refractivity contribution in [1.82, 2.24) is 14.5 Å². The SMILES string of the molecule is [2H]c1c([2H])c([2H])c(-c2cc(C(C)(C)C)ccc2-n2c(-c3cc(C(C)(C)C)cc(C(C)(C)C)c3O)nc3c(-c4[c-]c(-c5cc(-c6ccc(C([2H])([2H])C(C)(C)C)cc6)c(C([2H])([2H])[2H])cn5)cc(C(C)(C)C)c4)cccc32)c([2H])c1[2H].[Pt]. The van der Waals surface area contributed by atoms with Gasteiger partial charge in [-0.15, -0.1) is 29.3 Å². The zero-order valence-corrected chi connectivity index (χ0v) is 45.1. The van der Waals surface area contributed by atoms with Crippen molar-refractivity contribution in [1.29, 1.82) is 0 Å². The van der Waals surface area contributed by atoms with Gasteiger partial charge in [-0.25, -0.2) is 4.98 Å². The molecular formula is C64H72N3OPt-. The van der Waals surface area contributed by atoms with E-state index in [9.17, 15) is 7.85 Å². The van der Waals surface area contributed by atoms with Crippen LogP contribution in [-0.4, -0.2) is 19.6 Å². The van der Waals surface area contributed by atoms with Crippen molar-refractivity contribution in [3.05, 3.63) is 167 Å². The van der Waals surface area contributed by atoms with Gasteiger partial charge < -0.3 is 5.11 Å². The van der Waals surface area contributed by atoms with Crippen LogP contribution in [0.5, 0.6) is 5.75 Å². The Labute approximate surface area is 442 Å². The smallest absolute Gasteiger partial charge is 0.148 e. The fraction of sp³-hybridized carbons (Fsp3) is 0.344. The molecule has 0 saturated carbocycles. The van der Waals surface area contributed by atoms with Crippen LogP contribution >= 0.6 is 0 Å². The van der Waals surface area contributed by atoms with Crippen LogP contribution in [0, 0.1) is 18.3 Å². The Hall–Kier alpha value is -5.57. The van der Waals surface area contributed by atoms with Gasteiger partial charge in [0.25, 0.3) is 0 Å². The quantitative estimate of drug-likeness (QED) is 0.162. The van der Waals surface area contributed by atoms with E-state index in [4.69, 9.17) is 20.9 Å². The third-order valence-corrected chi connectivity index (χ3v) is 12.5. The number of nitrogens with zero attached hydrogens (tertiary/aromatic N) is 3. The number of rotatable bonds is 7. The summed E-state index contributed by atoms with van der Waals surface area (Å²) in [7, 11) is 0. The Bertz CT molecular complexity index is 3650. The van der Waals surface area contributed by atoms with Crippen molar-refractivity contribution in [3.63, 3.8) is 0 Å². The Morgan fingerprint density at radius 2 is 1.25 bits per heavy atom. The molecule has 0 fully saturated rings. The molecule has 0 aliphatic heterocycles. The number of phenolic OH excluding ortho intramolecular Hbond substituents is 1. The molecule has 0 atom stereocenters. The number of aromatic nitrogens is 3. The molecule has 0 unspecified atom stereocenters. The van der Waals surface area contributed by atoms with Crippen molar-refractivity contribution >= 4 is 11.0 Å². The maximum Gasteiger partial charge on any atom is 0.148 e. The van der Waals surface area contributed by atoms with Gasteiger partial charge in [-0.2, -0.15) is 0 Å². The third-order valence-electron chi connectivity index (χ3n) is 12.5. The average Bonchev–Trinajstić information content (AvgIpc) is 3.84. The van der Waals surface area contributed by atoms with Gasteiger partial charge >= 0.3 is 0 Å². The van der Waals surface area contributed by atoms with Crippen LogP contribution in [0.15, 0.2) is 127 Å². The zero-order chi connectivity index (χ0) is 57.9. The summed E-state index contributed by atoms with van der Waals surface area (Å²) in [5, 5.41) is 12.7. The van der Waals surface area contributed by atoms with Crippen molar-refractivity contribution in [2.75, 3.05) is 0 Å². The van der Waals surface area contributed by atoms with Crippen LogP contribution in [-0.2, 0) is 49.1 Å². The van der Waals surface area contributed by atoms with Gasteiger partial charge in [0.1, 0.15) is 11.6 Å². The van der Waals surface area contributed by atoms with E-state index in [1.165, 1.54) is 6.20 Å². The summed E-state index contributed by atoms with van der Waals surface area (Å²) in [4.78, 5) is 10.4. The van der Waals surface area contributed by atoms with Gasteiger partial charge in [-0.3, -0.25) is 9.55 Å². The fourth-order valence-electron chi connectivity index (χ4n) is 8.63. The first-order chi connectivity index (χ1) is 35.7. The molecule has 8 aromatic rings. The minimum absolute atomic E-state index is 0. The first kappa shape index (κ1) is 39.2. The Kier molecular flexibility index (Phi) is 10.6. The molecule has 2 aromatic heterocycles. The minimum atomic E-state index is -2.52. The number of aromatic hydroxyl groups is 1. The van der Waals surface area contributed by atoms with Crippen molar-refractivity contribution in [2.45, 2.75) is 139 Å². The number of aryl methyl sites for hydroxylation is 1. The van der Waals surface area contributed by atoms with Crippen molar-refractivity contribution in [3.8, 4) is 67.5 Å². The maximum atomic E-state index is 12.7. The van der Waals surface area contributed by atoms with Crippen LogP contribution in [0.25, 0.3) is 72.7 Å². The van der Waals surface area contributed by atoms with Crippen LogP contribution in [0.4, 0.5) is 0 Å². The predicted molar refractivity (Wildman–Crippen MR) is 289 cm³/mol. The van der Waals surface area contributed by atoms with E-state index in [0.29, 0.717) is 78.3 Å². The molecule has 0 aliphatic rings. The van der Waals surface area contributed by atoms with Crippen LogP contribution < -0.4 is 0 Å². The number of pyridine rings is 1. The van der Waals surface area contributed by atoms with E-state index in [1.54, 1.807) is 30.3 Å². The minimum Gasteiger partial charge on any atom is -0.507 e. The molecular weight excluding hydrogens is 1020 g/mol. The number of fused-ring (bicyclic) bond motifs is 1. The molecule has 5 heteroatoms. The summed E-state index contributed by atoms with van der Waals surface area (Å²) in [5.41, 5.74) is 7.58. The molecule has 0 aliphatic carbocycles. The maximum absolute atomic E-state index is 12.7. The number of para-hydroxylation sites is 1. The van der Waals surface area contributed by atoms with E-state index >= 15 is 0 Å². The summed E-state index contributed by atoms with van der Waals surface area (Å²) >= 11 is 0. The molecule has 6 aromatic carbocycles. The number of hydrogen-bond donors (Lipinski definition) is 1. The van der Waals surface area contributed by atoms with Crippen LogP contribution in [0.2, 0.25) is 0 Å². The van der Waals surface area contributed by atoms with Crippen LogP contribution in [0.3, 0.4) is 0 Å². The van der Waals surface area contributed by atoms with Crippen molar-refractivity contribution < 1.29 is 39.9 Å². The fourth-order valence-corrected chi connectivity index (χ4v) is 8.63. The summed E-state index contributed by atoms with van der Waals surface area (Å²) in [5.74, 6) is 0.404. The third kappa shape index (κ3) is 10.8.